The number of furan rings is 1. The van der Waals surface area contributed by atoms with Crippen molar-refractivity contribution in [1.29, 1.82) is 0 Å². The molecule has 1 unspecified atom stereocenters. The van der Waals surface area contributed by atoms with Crippen LogP contribution in [0.15, 0.2) is 16.7 Å². The summed E-state index contributed by atoms with van der Waals surface area (Å²) in [6.07, 6.45) is 1.79. The van der Waals surface area contributed by atoms with Crippen LogP contribution in [0.2, 0.25) is 0 Å². The molecule has 0 aliphatic heterocycles. The van der Waals surface area contributed by atoms with Gasteiger partial charge in [-0.3, -0.25) is 0 Å². The van der Waals surface area contributed by atoms with Crippen molar-refractivity contribution < 1.29 is 4.42 Å². The van der Waals surface area contributed by atoms with Gasteiger partial charge in [0.25, 0.3) is 0 Å². The van der Waals surface area contributed by atoms with E-state index in [9.17, 15) is 0 Å². The van der Waals surface area contributed by atoms with Gasteiger partial charge in [-0.25, -0.2) is 0 Å². The van der Waals surface area contributed by atoms with Gasteiger partial charge in [-0.05, 0) is 93.1 Å². The van der Waals surface area contributed by atoms with Crippen molar-refractivity contribution in [1.82, 2.24) is 5.32 Å². The van der Waals surface area contributed by atoms with Crippen molar-refractivity contribution >= 4 is 0 Å². The van der Waals surface area contributed by atoms with Crippen LogP contribution >= 0.6 is 0 Å². The van der Waals surface area contributed by atoms with E-state index in [-0.39, 0.29) is 6.04 Å². The van der Waals surface area contributed by atoms with Gasteiger partial charge in [0.15, 0.2) is 0 Å². The molecule has 0 saturated heterocycles. The highest BCUT2D eigenvalue weighted by molar-refractivity contribution is 5.52. The highest BCUT2D eigenvalue weighted by atomic mass is 16.3. The quantitative estimate of drug-likeness (QED) is 0.870. The third-order valence-corrected chi connectivity index (χ3v) is 4.92. The van der Waals surface area contributed by atoms with Gasteiger partial charge in [0.05, 0.1) is 12.3 Å². The normalized spacial score (nSPS) is 12.7. The maximum Gasteiger partial charge on any atom is 0.128 e. The van der Waals surface area contributed by atoms with E-state index in [0.717, 1.165) is 12.3 Å². The fourth-order valence-corrected chi connectivity index (χ4v) is 3.17. The van der Waals surface area contributed by atoms with E-state index in [0.29, 0.717) is 0 Å². The van der Waals surface area contributed by atoms with Crippen LogP contribution in [0.4, 0.5) is 0 Å². The second-order valence-corrected chi connectivity index (χ2v) is 6.00. The van der Waals surface area contributed by atoms with Crippen molar-refractivity contribution in [3.05, 3.63) is 57.0 Å². The lowest BCUT2D eigenvalue weighted by Gasteiger charge is -2.25. The Kier molecular flexibility index (Phi) is 4.58. The Hall–Kier alpha value is -1.54. The molecule has 2 aromatic rings. The minimum Gasteiger partial charge on any atom is -0.467 e. The summed E-state index contributed by atoms with van der Waals surface area (Å²) >= 11 is 0. The molecule has 0 aliphatic carbocycles. The van der Waals surface area contributed by atoms with E-state index in [4.69, 9.17) is 4.42 Å². The number of nitrogens with one attached hydrogen (secondary N) is 1. The second-order valence-electron chi connectivity index (χ2n) is 6.00. The van der Waals surface area contributed by atoms with Gasteiger partial charge < -0.3 is 9.73 Å². The largest absolute Gasteiger partial charge is 0.467 e. The molecule has 1 N–H and O–H groups in total. The van der Waals surface area contributed by atoms with E-state index in [2.05, 4.69) is 53.8 Å². The van der Waals surface area contributed by atoms with Crippen LogP contribution in [0.1, 0.15) is 57.7 Å². The van der Waals surface area contributed by atoms with Gasteiger partial charge in [-0.15, -0.1) is 0 Å². The van der Waals surface area contributed by atoms with Crippen molar-refractivity contribution in [2.24, 2.45) is 0 Å². The summed E-state index contributed by atoms with van der Waals surface area (Å²) in [4.78, 5) is 0. The molecule has 1 atom stereocenters. The standard InChI is InChI=1S/C19H27NO/c1-8-20-18(19-11(2)9-10-21-19)17-15(6)13(4)12(3)14(5)16(17)7/h9-10,18,20H,8H2,1-7H3. The molecular formula is C19H27NO. The maximum absolute atomic E-state index is 5.79. The summed E-state index contributed by atoms with van der Waals surface area (Å²) in [5.74, 6) is 1.03. The zero-order valence-electron chi connectivity index (χ0n) is 14.3. The number of hydrogen-bond acceptors (Lipinski definition) is 2. The summed E-state index contributed by atoms with van der Waals surface area (Å²) < 4.78 is 5.79. The average Bonchev–Trinajstić information content (AvgIpc) is 2.88. The summed E-state index contributed by atoms with van der Waals surface area (Å²) in [5, 5.41) is 3.60. The molecule has 0 saturated carbocycles. The molecule has 0 amide bonds. The molecule has 1 heterocycles. The Bertz CT molecular complexity index is 623. The Labute approximate surface area is 128 Å². The number of rotatable bonds is 4. The van der Waals surface area contributed by atoms with Crippen LogP contribution in [0, 0.1) is 41.5 Å². The molecule has 2 nitrogen and oxygen atoms in total. The fraction of sp³-hybridized carbons (Fsp3) is 0.474. The summed E-state index contributed by atoms with van der Waals surface area (Å²) in [7, 11) is 0. The SMILES string of the molecule is CCNC(c1occc1C)c1c(C)c(C)c(C)c(C)c1C. The molecule has 21 heavy (non-hydrogen) atoms. The highest BCUT2D eigenvalue weighted by Crippen LogP contribution is 2.35. The Balaban J connectivity index is 2.70. The predicted molar refractivity (Wildman–Crippen MR) is 89.1 cm³/mol. The second kappa shape index (κ2) is 6.07. The van der Waals surface area contributed by atoms with Crippen LogP contribution in [0.5, 0.6) is 0 Å². The highest BCUT2D eigenvalue weighted by Gasteiger charge is 2.24. The first-order valence-corrected chi connectivity index (χ1v) is 7.74. The molecular weight excluding hydrogens is 258 g/mol. The van der Waals surface area contributed by atoms with Crippen LogP contribution in [0.3, 0.4) is 0 Å². The Morgan fingerprint density at radius 2 is 1.43 bits per heavy atom. The molecule has 2 heteroatoms. The fourth-order valence-electron chi connectivity index (χ4n) is 3.17. The van der Waals surface area contributed by atoms with Gasteiger partial charge in [0.2, 0.25) is 0 Å². The van der Waals surface area contributed by atoms with Crippen LogP contribution < -0.4 is 5.32 Å². The molecule has 0 bridgehead atoms. The zero-order valence-corrected chi connectivity index (χ0v) is 14.3. The molecule has 2 rings (SSSR count). The smallest absolute Gasteiger partial charge is 0.128 e. The number of hydrogen-bond donors (Lipinski definition) is 1. The first-order valence-electron chi connectivity index (χ1n) is 7.74. The lowest BCUT2D eigenvalue weighted by atomic mass is 9.85. The molecule has 0 fully saturated rings. The Morgan fingerprint density at radius 1 is 0.905 bits per heavy atom. The van der Waals surface area contributed by atoms with E-state index in [1.165, 1.54) is 38.9 Å². The van der Waals surface area contributed by atoms with Gasteiger partial charge in [0, 0.05) is 0 Å². The zero-order chi connectivity index (χ0) is 15.7. The monoisotopic (exact) mass is 285 g/mol. The van der Waals surface area contributed by atoms with Crippen LogP contribution in [-0.2, 0) is 0 Å². The van der Waals surface area contributed by atoms with Crippen LogP contribution in [0.25, 0.3) is 0 Å². The van der Waals surface area contributed by atoms with Crippen LogP contribution in [-0.4, -0.2) is 6.54 Å². The van der Waals surface area contributed by atoms with E-state index < -0.39 is 0 Å². The van der Waals surface area contributed by atoms with E-state index >= 15 is 0 Å². The van der Waals surface area contributed by atoms with E-state index in [1.807, 2.05) is 6.07 Å². The lowest BCUT2D eigenvalue weighted by molar-refractivity contribution is 0.447. The van der Waals surface area contributed by atoms with Gasteiger partial charge >= 0.3 is 0 Å². The lowest BCUT2D eigenvalue weighted by Crippen LogP contribution is -2.25. The van der Waals surface area contributed by atoms with Crippen molar-refractivity contribution in [3.63, 3.8) is 0 Å². The molecule has 0 radical (unpaired) electrons. The summed E-state index contributed by atoms with van der Waals surface area (Å²) in [5.41, 5.74) is 9.50. The third kappa shape index (κ3) is 2.65. The van der Waals surface area contributed by atoms with Gasteiger partial charge in [-0.1, -0.05) is 6.92 Å². The predicted octanol–water partition coefficient (Wildman–Crippen LogP) is 4.83. The maximum atomic E-state index is 5.79. The number of benzene rings is 1. The minimum atomic E-state index is 0.128. The van der Waals surface area contributed by atoms with Crippen molar-refractivity contribution in [3.8, 4) is 0 Å². The van der Waals surface area contributed by atoms with Crippen molar-refractivity contribution in [2.45, 2.75) is 54.5 Å². The Morgan fingerprint density at radius 3 is 1.86 bits per heavy atom. The van der Waals surface area contributed by atoms with Gasteiger partial charge in [-0.2, -0.15) is 0 Å². The van der Waals surface area contributed by atoms with Gasteiger partial charge in [0.1, 0.15) is 5.76 Å². The minimum absolute atomic E-state index is 0.128. The molecule has 0 spiro atoms. The molecule has 0 aliphatic rings. The number of aryl methyl sites for hydroxylation is 1. The first kappa shape index (κ1) is 15.8. The summed E-state index contributed by atoms with van der Waals surface area (Å²) in [6, 6.07) is 2.17. The van der Waals surface area contributed by atoms with E-state index in [1.54, 1.807) is 6.26 Å². The molecule has 1 aromatic heterocycles. The average molecular weight is 285 g/mol. The molecule has 114 valence electrons. The summed E-state index contributed by atoms with van der Waals surface area (Å²) in [6.45, 7) is 16.3. The first-order chi connectivity index (χ1) is 9.90. The molecule has 1 aromatic carbocycles. The van der Waals surface area contributed by atoms with Crippen molar-refractivity contribution in [2.75, 3.05) is 6.54 Å². The third-order valence-electron chi connectivity index (χ3n) is 4.92. The topological polar surface area (TPSA) is 25.2 Å².